The molecule has 0 bridgehead atoms. The second kappa shape index (κ2) is 3.55. The molecule has 0 rings (SSSR count). The summed E-state index contributed by atoms with van der Waals surface area (Å²) in [5.41, 5.74) is -5.43. The zero-order valence-electron chi connectivity index (χ0n) is 5.85. The van der Waals surface area contributed by atoms with Gasteiger partial charge in [0.05, 0.1) is 0 Å². The summed E-state index contributed by atoms with van der Waals surface area (Å²) < 4.78 is 56.4. The molecule has 13 heavy (non-hydrogen) atoms. The van der Waals surface area contributed by atoms with E-state index in [0.717, 1.165) is 6.66 Å². The van der Waals surface area contributed by atoms with Gasteiger partial charge in [0.25, 0.3) is 0 Å². The fourth-order valence-corrected chi connectivity index (χ4v) is 6.47. The molecule has 0 N–H and O–H groups in total. The van der Waals surface area contributed by atoms with Crippen LogP contribution in [0.4, 0.5) is 13.2 Å². The number of rotatable bonds is 2. The molecule has 0 aromatic heterocycles. The first kappa shape index (κ1) is 14.6. The third kappa shape index (κ3) is 5.88. The van der Waals surface area contributed by atoms with E-state index >= 15 is 0 Å². The first-order chi connectivity index (χ1) is 5.21. The predicted octanol–water partition coefficient (Wildman–Crippen LogP) is 3.88. The van der Waals surface area contributed by atoms with Crippen molar-refractivity contribution in [3.8, 4) is 0 Å². The van der Waals surface area contributed by atoms with Gasteiger partial charge in [0.15, 0.2) is 0 Å². The van der Waals surface area contributed by atoms with Crippen molar-refractivity contribution in [2.75, 3.05) is 6.66 Å². The quantitative estimate of drug-likeness (QED) is 0.489. The van der Waals surface area contributed by atoms with Crippen molar-refractivity contribution in [3.05, 3.63) is 0 Å². The van der Waals surface area contributed by atoms with Crippen molar-refractivity contribution in [1.29, 1.82) is 0 Å². The molecule has 0 atom stereocenters. The number of alkyl halides is 3. The van der Waals surface area contributed by atoms with Crippen LogP contribution in [0.3, 0.4) is 0 Å². The van der Waals surface area contributed by atoms with Gasteiger partial charge in [0.1, 0.15) is 0 Å². The Bertz CT molecular complexity index is 293. The Labute approximate surface area is 96.7 Å². The van der Waals surface area contributed by atoms with Crippen LogP contribution in [0.1, 0.15) is 0 Å². The molecule has 0 saturated heterocycles. The Morgan fingerprint density at radius 2 is 1.54 bits per heavy atom. The van der Waals surface area contributed by atoms with Gasteiger partial charge in [-0.3, -0.25) is 0 Å². The van der Waals surface area contributed by atoms with E-state index < -0.39 is 18.6 Å². The molecule has 3 nitrogen and oxygen atoms in total. The topological polar surface area (TPSA) is 43.4 Å². The van der Waals surface area contributed by atoms with Gasteiger partial charge in [-0.2, -0.15) is 0 Å². The maximum atomic E-state index is 11.8. The minimum absolute atomic E-state index is 1.12. The van der Waals surface area contributed by atoms with E-state index in [-0.39, 0.29) is 0 Å². The van der Waals surface area contributed by atoms with Crippen molar-refractivity contribution < 1.29 is 25.6 Å². The van der Waals surface area contributed by atoms with Crippen LogP contribution in [0.5, 0.6) is 0 Å². The Balaban J connectivity index is 4.98. The molecule has 0 radical (unpaired) electrons. The standard InChI is InChI=1S/C2H3Br3F3O3PS/c1-12(3,4,5)11-13(9,10)2(6,7)8/h1H3. The maximum absolute atomic E-state index is 11.8. The zero-order chi connectivity index (χ0) is 11.2. The Kier molecular flexibility index (Phi) is 3.98. The predicted molar refractivity (Wildman–Crippen MR) is 55.7 cm³/mol. The molecule has 82 valence electrons. The summed E-state index contributed by atoms with van der Waals surface area (Å²) in [5.74, 6) is 0. The third-order valence-electron chi connectivity index (χ3n) is 0.541. The number of hydrogen-bond donors (Lipinski definition) is 0. The Morgan fingerprint density at radius 1 is 1.23 bits per heavy atom. The van der Waals surface area contributed by atoms with Crippen LogP contribution >= 0.6 is 49.4 Å². The van der Waals surface area contributed by atoms with Crippen LogP contribution in [0.2, 0.25) is 0 Å². The fourth-order valence-electron chi connectivity index (χ4n) is 0.252. The van der Waals surface area contributed by atoms with Gasteiger partial charge < -0.3 is 0 Å². The average molecular weight is 435 g/mol. The molecule has 0 heterocycles. The third-order valence-corrected chi connectivity index (χ3v) is 6.36. The number of hydrogen-bond acceptors (Lipinski definition) is 3. The van der Waals surface area contributed by atoms with E-state index in [2.05, 4.69) is 50.4 Å². The SMILES string of the molecule is CP(Br)(Br)(Br)OS(=O)(=O)C(F)(F)F. The van der Waals surface area contributed by atoms with Crippen molar-refractivity contribution in [2.24, 2.45) is 0 Å². The van der Waals surface area contributed by atoms with Crippen LogP contribution in [-0.2, 0) is 14.1 Å². The molecular weight excluding hydrogens is 432 g/mol. The Morgan fingerprint density at radius 3 is 1.62 bits per heavy atom. The van der Waals surface area contributed by atoms with Crippen molar-refractivity contribution in [3.63, 3.8) is 0 Å². The summed E-state index contributed by atoms with van der Waals surface area (Å²) in [6, 6.07) is 0. The van der Waals surface area contributed by atoms with Gasteiger partial charge >= 0.3 is 97.3 Å². The summed E-state index contributed by atoms with van der Waals surface area (Å²) >= 11 is 8.02. The van der Waals surface area contributed by atoms with Crippen LogP contribution < -0.4 is 0 Å². The molecule has 0 aromatic rings. The van der Waals surface area contributed by atoms with Crippen molar-refractivity contribution in [1.82, 2.24) is 0 Å². The van der Waals surface area contributed by atoms with Gasteiger partial charge in [-0.15, -0.1) is 0 Å². The van der Waals surface area contributed by atoms with Crippen molar-refractivity contribution in [2.45, 2.75) is 5.51 Å². The molecule has 0 aliphatic carbocycles. The van der Waals surface area contributed by atoms with E-state index in [9.17, 15) is 21.6 Å². The second-order valence-corrected chi connectivity index (χ2v) is 30.1. The first-order valence-electron chi connectivity index (χ1n) is 2.41. The summed E-state index contributed by atoms with van der Waals surface area (Å²) in [6.45, 7) is 1.12. The van der Waals surface area contributed by atoms with E-state index in [1.807, 2.05) is 0 Å². The molecule has 0 spiro atoms. The van der Waals surface area contributed by atoms with Gasteiger partial charge in [0, 0.05) is 0 Å². The van der Waals surface area contributed by atoms with Gasteiger partial charge in [-0.1, -0.05) is 0 Å². The van der Waals surface area contributed by atoms with Crippen LogP contribution in [0.15, 0.2) is 0 Å². The monoisotopic (exact) mass is 432 g/mol. The molecule has 0 unspecified atom stereocenters. The fraction of sp³-hybridized carbons (Fsp3) is 1.00. The second-order valence-electron chi connectivity index (χ2n) is 2.06. The molecule has 11 heteroatoms. The molecule has 0 aliphatic heterocycles. The molecule has 0 aromatic carbocycles. The minimum atomic E-state index is -5.60. The summed E-state index contributed by atoms with van der Waals surface area (Å²) in [7, 11) is -5.60. The van der Waals surface area contributed by atoms with Gasteiger partial charge in [-0.25, -0.2) is 0 Å². The van der Waals surface area contributed by atoms with E-state index in [1.54, 1.807) is 0 Å². The number of halogens is 6. The van der Waals surface area contributed by atoms with Crippen molar-refractivity contribution >= 4 is 59.5 Å². The normalized spacial score (nSPS) is 17.9. The van der Waals surface area contributed by atoms with E-state index in [1.165, 1.54) is 0 Å². The molecule has 0 amide bonds. The molecular formula is C2H3Br3F3O3PS. The summed E-state index contributed by atoms with van der Waals surface area (Å²) in [4.78, 5) is 0. The first-order valence-corrected chi connectivity index (χ1v) is 12.5. The van der Waals surface area contributed by atoms with Gasteiger partial charge in [-0.05, 0) is 0 Å². The average Bonchev–Trinajstić information content (AvgIpc) is 1.48. The van der Waals surface area contributed by atoms with Crippen LogP contribution in [-0.4, -0.2) is 20.6 Å². The Hall–Kier alpha value is 1.57. The summed E-state index contributed by atoms with van der Waals surface area (Å²) in [6.07, 6.45) is 0. The van der Waals surface area contributed by atoms with E-state index in [4.69, 9.17) is 0 Å². The van der Waals surface area contributed by atoms with Gasteiger partial charge in [0.2, 0.25) is 0 Å². The molecule has 0 aliphatic rings. The van der Waals surface area contributed by atoms with Crippen LogP contribution in [0.25, 0.3) is 0 Å². The van der Waals surface area contributed by atoms with E-state index in [0.29, 0.717) is 0 Å². The van der Waals surface area contributed by atoms with Crippen LogP contribution in [0, 0.1) is 0 Å². The molecule has 0 fully saturated rings. The zero-order valence-corrected chi connectivity index (χ0v) is 12.3. The molecule has 0 saturated carbocycles. The summed E-state index contributed by atoms with van der Waals surface area (Å²) in [5, 5.41) is 0.